The van der Waals surface area contributed by atoms with Gasteiger partial charge in [-0.05, 0) is 42.8 Å². The van der Waals surface area contributed by atoms with Crippen molar-refractivity contribution in [2.75, 3.05) is 16.4 Å². The monoisotopic (exact) mass is 309 g/mol. The molecule has 0 aliphatic rings. The number of amides is 2. The third-order valence-electron chi connectivity index (χ3n) is 2.67. The van der Waals surface area contributed by atoms with Gasteiger partial charge in [0.2, 0.25) is 0 Å². The van der Waals surface area contributed by atoms with Crippen LogP contribution in [-0.4, -0.2) is 6.03 Å². The minimum absolute atomic E-state index is 0.379. The Morgan fingerprint density at radius 3 is 2.60 bits per heavy atom. The van der Waals surface area contributed by atoms with Gasteiger partial charge in [0.1, 0.15) is 0 Å². The van der Waals surface area contributed by atoms with E-state index in [1.807, 2.05) is 6.92 Å². The van der Waals surface area contributed by atoms with Crippen molar-refractivity contribution in [2.24, 2.45) is 0 Å². The molecule has 0 atom stereocenters. The number of nitrogens with one attached hydrogen (secondary N) is 2. The van der Waals surface area contributed by atoms with E-state index in [9.17, 15) is 4.79 Å². The number of nitrogens with two attached hydrogens (primary N) is 1. The van der Waals surface area contributed by atoms with Crippen LogP contribution in [0.1, 0.15) is 5.56 Å². The second kappa shape index (κ2) is 6.03. The van der Waals surface area contributed by atoms with E-state index in [1.54, 1.807) is 36.4 Å². The molecular formula is C14H13Cl2N3O. The molecule has 6 heteroatoms. The molecule has 0 spiro atoms. The maximum atomic E-state index is 11.9. The predicted octanol–water partition coefficient (Wildman–Crippen LogP) is 4.53. The van der Waals surface area contributed by atoms with Crippen LogP contribution in [0.2, 0.25) is 10.0 Å². The fraction of sp³-hybridized carbons (Fsp3) is 0.0714. The Bertz CT molecular complexity index is 659. The largest absolute Gasteiger partial charge is 0.398 e. The van der Waals surface area contributed by atoms with Crippen LogP contribution in [-0.2, 0) is 0 Å². The van der Waals surface area contributed by atoms with Crippen LogP contribution in [0.15, 0.2) is 36.4 Å². The molecule has 0 bridgehead atoms. The van der Waals surface area contributed by atoms with Crippen molar-refractivity contribution in [2.45, 2.75) is 6.92 Å². The second-order valence-corrected chi connectivity index (χ2v) is 5.12. The summed E-state index contributed by atoms with van der Waals surface area (Å²) in [4.78, 5) is 11.9. The average Bonchev–Trinajstić information content (AvgIpc) is 2.36. The first-order valence-electron chi connectivity index (χ1n) is 5.85. The number of benzene rings is 2. The van der Waals surface area contributed by atoms with Gasteiger partial charge in [-0.15, -0.1) is 0 Å². The van der Waals surface area contributed by atoms with E-state index in [-0.39, 0.29) is 6.03 Å². The predicted molar refractivity (Wildman–Crippen MR) is 84.7 cm³/mol. The molecule has 0 fully saturated rings. The first-order valence-corrected chi connectivity index (χ1v) is 6.60. The molecule has 104 valence electrons. The lowest BCUT2D eigenvalue weighted by molar-refractivity contribution is 0.262. The summed E-state index contributed by atoms with van der Waals surface area (Å²) in [5.74, 6) is 0. The highest BCUT2D eigenvalue weighted by Crippen LogP contribution is 2.26. The molecule has 4 nitrogen and oxygen atoms in total. The molecule has 0 unspecified atom stereocenters. The summed E-state index contributed by atoms with van der Waals surface area (Å²) in [5, 5.41) is 6.34. The molecule has 2 amide bonds. The number of hydrogen-bond donors (Lipinski definition) is 3. The zero-order valence-corrected chi connectivity index (χ0v) is 12.2. The highest BCUT2D eigenvalue weighted by Gasteiger charge is 2.08. The highest BCUT2D eigenvalue weighted by molar-refractivity contribution is 6.33. The lowest BCUT2D eigenvalue weighted by Gasteiger charge is -2.11. The summed E-state index contributed by atoms with van der Waals surface area (Å²) in [6.07, 6.45) is 0. The number of halogens is 2. The molecular weight excluding hydrogens is 297 g/mol. The van der Waals surface area contributed by atoms with Crippen LogP contribution in [0.25, 0.3) is 0 Å². The number of hydrogen-bond acceptors (Lipinski definition) is 2. The van der Waals surface area contributed by atoms with Crippen molar-refractivity contribution < 1.29 is 4.79 Å². The van der Waals surface area contributed by atoms with Gasteiger partial charge >= 0.3 is 6.03 Å². The first kappa shape index (κ1) is 14.5. The zero-order chi connectivity index (χ0) is 14.7. The fourth-order valence-electron chi connectivity index (χ4n) is 1.69. The Morgan fingerprint density at radius 2 is 1.90 bits per heavy atom. The Morgan fingerprint density at radius 1 is 1.15 bits per heavy atom. The van der Waals surface area contributed by atoms with E-state index in [0.29, 0.717) is 27.1 Å². The molecule has 20 heavy (non-hydrogen) atoms. The molecule has 0 heterocycles. The first-order chi connectivity index (χ1) is 9.45. The van der Waals surface area contributed by atoms with Gasteiger partial charge in [0.05, 0.1) is 10.7 Å². The Hall–Kier alpha value is -1.91. The summed E-state index contributed by atoms with van der Waals surface area (Å²) in [7, 11) is 0. The van der Waals surface area contributed by atoms with Crippen molar-refractivity contribution in [3.63, 3.8) is 0 Å². The summed E-state index contributed by atoms with van der Waals surface area (Å²) < 4.78 is 0. The molecule has 0 aliphatic heterocycles. The molecule has 0 radical (unpaired) electrons. The van der Waals surface area contributed by atoms with Gasteiger partial charge in [-0.1, -0.05) is 29.3 Å². The van der Waals surface area contributed by atoms with Crippen molar-refractivity contribution in [1.82, 2.24) is 0 Å². The lowest BCUT2D eigenvalue weighted by atomic mass is 10.2. The van der Waals surface area contributed by atoms with Crippen LogP contribution in [0, 0.1) is 6.92 Å². The number of rotatable bonds is 2. The summed E-state index contributed by atoms with van der Waals surface area (Å²) in [6.45, 7) is 1.84. The zero-order valence-electron chi connectivity index (χ0n) is 10.7. The van der Waals surface area contributed by atoms with E-state index in [2.05, 4.69) is 10.6 Å². The summed E-state index contributed by atoms with van der Waals surface area (Å²) in [6, 6.07) is 9.83. The van der Waals surface area contributed by atoms with Gasteiger partial charge in [0.25, 0.3) is 0 Å². The standard InChI is InChI=1S/C14H13Cl2N3O/c1-8-5-12(17)11(16)7-13(8)19-14(20)18-10-4-2-3-9(15)6-10/h2-7H,17H2,1H3,(H2,18,19,20). The minimum atomic E-state index is -0.379. The van der Waals surface area contributed by atoms with E-state index in [1.165, 1.54) is 0 Å². The fourth-order valence-corrected chi connectivity index (χ4v) is 2.04. The van der Waals surface area contributed by atoms with E-state index < -0.39 is 0 Å². The van der Waals surface area contributed by atoms with Gasteiger partial charge < -0.3 is 16.4 Å². The number of aryl methyl sites for hydroxylation is 1. The minimum Gasteiger partial charge on any atom is -0.398 e. The van der Waals surface area contributed by atoms with Gasteiger partial charge in [0.15, 0.2) is 0 Å². The highest BCUT2D eigenvalue weighted by atomic mass is 35.5. The number of carbonyl (C=O) groups is 1. The third kappa shape index (κ3) is 3.56. The topological polar surface area (TPSA) is 67.1 Å². The van der Waals surface area contributed by atoms with Crippen LogP contribution in [0.4, 0.5) is 21.9 Å². The number of urea groups is 1. The average molecular weight is 310 g/mol. The molecule has 2 aromatic rings. The Balaban J connectivity index is 2.10. The SMILES string of the molecule is Cc1cc(N)c(Cl)cc1NC(=O)Nc1cccc(Cl)c1. The summed E-state index contributed by atoms with van der Waals surface area (Å²) in [5.41, 5.74) is 8.20. The molecule has 4 N–H and O–H groups in total. The van der Waals surface area contributed by atoms with Gasteiger partial charge in [0, 0.05) is 16.4 Å². The molecule has 2 rings (SSSR count). The molecule has 0 aliphatic carbocycles. The van der Waals surface area contributed by atoms with Crippen LogP contribution in [0.3, 0.4) is 0 Å². The molecule has 2 aromatic carbocycles. The van der Waals surface area contributed by atoms with E-state index >= 15 is 0 Å². The maximum Gasteiger partial charge on any atom is 0.323 e. The smallest absolute Gasteiger partial charge is 0.323 e. The number of nitrogen functional groups attached to an aromatic ring is 1. The van der Waals surface area contributed by atoms with Crippen LogP contribution >= 0.6 is 23.2 Å². The lowest BCUT2D eigenvalue weighted by Crippen LogP contribution is -2.20. The van der Waals surface area contributed by atoms with Gasteiger partial charge in [-0.25, -0.2) is 4.79 Å². The van der Waals surface area contributed by atoms with Crippen molar-refractivity contribution in [3.8, 4) is 0 Å². The van der Waals surface area contributed by atoms with Crippen LogP contribution < -0.4 is 16.4 Å². The maximum absolute atomic E-state index is 11.9. The quantitative estimate of drug-likeness (QED) is 0.713. The van der Waals surface area contributed by atoms with Gasteiger partial charge in [-0.2, -0.15) is 0 Å². The molecule has 0 aromatic heterocycles. The van der Waals surface area contributed by atoms with E-state index in [0.717, 1.165) is 5.56 Å². The van der Waals surface area contributed by atoms with Crippen molar-refractivity contribution in [1.29, 1.82) is 0 Å². The van der Waals surface area contributed by atoms with Crippen molar-refractivity contribution in [3.05, 3.63) is 52.0 Å². The number of anilines is 3. The second-order valence-electron chi connectivity index (χ2n) is 4.28. The molecule has 0 saturated carbocycles. The Labute approximate surface area is 126 Å². The van der Waals surface area contributed by atoms with Gasteiger partial charge in [-0.3, -0.25) is 0 Å². The van der Waals surface area contributed by atoms with Crippen molar-refractivity contribution >= 4 is 46.3 Å². The van der Waals surface area contributed by atoms with E-state index in [4.69, 9.17) is 28.9 Å². The number of carbonyl (C=O) groups excluding carboxylic acids is 1. The van der Waals surface area contributed by atoms with Crippen LogP contribution in [0.5, 0.6) is 0 Å². The molecule has 0 saturated heterocycles. The Kier molecular flexibility index (Phi) is 4.37. The normalized spacial score (nSPS) is 10.2. The summed E-state index contributed by atoms with van der Waals surface area (Å²) >= 11 is 11.8. The third-order valence-corrected chi connectivity index (χ3v) is 3.24.